The Morgan fingerprint density at radius 3 is 2.89 bits per heavy atom. The molecule has 3 aromatic heterocycles. The molecule has 0 fully saturated rings. The van der Waals surface area contributed by atoms with Gasteiger partial charge < -0.3 is 4.98 Å². The lowest BCUT2D eigenvalue weighted by molar-refractivity contribution is 0.797. The predicted molar refractivity (Wildman–Crippen MR) is 69.3 cm³/mol. The first kappa shape index (κ1) is 10.7. The summed E-state index contributed by atoms with van der Waals surface area (Å²) in [6, 6.07) is 3.61. The second-order valence-corrected chi connectivity index (χ2v) is 4.29. The van der Waals surface area contributed by atoms with E-state index in [1.165, 1.54) is 0 Å². The molecule has 0 aliphatic heterocycles. The molecule has 0 aromatic carbocycles. The third-order valence-corrected chi connectivity index (χ3v) is 3.04. The average Bonchev–Trinajstić information content (AvgIpc) is 2.71. The van der Waals surface area contributed by atoms with Crippen molar-refractivity contribution in [3.8, 4) is 11.1 Å². The van der Waals surface area contributed by atoms with E-state index in [-0.39, 0.29) is 5.56 Å². The highest BCUT2D eigenvalue weighted by Crippen LogP contribution is 2.23. The summed E-state index contributed by atoms with van der Waals surface area (Å²) in [6.07, 6.45) is 5.25. The van der Waals surface area contributed by atoms with Crippen LogP contribution in [0, 0.1) is 6.92 Å². The van der Waals surface area contributed by atoms with E-state index in [0.29, 0.717) is 0 Å². The molecule has 5 nitrogen and oxygen atoms in total. The Morgan fingerprint density at radius 2 is 2.11 bits per heavy atom. The first-order valence-electron chi connectivity index (χ1n) is 5.62. The molecule has 0 amide bonds. The van der Waals surface area contributed by atoms with Crippen LogP contribution in [-0.2, 0) is 7.05 Å². The van der Waals surface area contributed by atoms with Crippen molar-refractivity contribution < 1.29 is 0 Å². The van der Waals surface area contributed by atoms with E-state index < -0.39 is 0 Å². The van der Waals surface area contributed by atoms with Crippen molar-refractivity contribution in [2.75, 3.05) is 0 Å². The maximum absolute atomic E-state index is 11.2. The molecule has 0 unspecified atom stereocenters. The van der Waals surface area contributed by atoms with E-state index >= 15 is 0 Å². The SMILES string of the molecule is Cc1cc(=O)[nH]cc1-c1cnc2cnn(C)c2c1. The fourth-order valence-electron chi connectivity index (χ4n) is 2.06. The van der Waals surface area contributed by atoms with Crippen LogP contribution >= 0.6 is 0 Å². The quantitative estimate of drug-likeness (QED) is 0.703. The summed E-state index contributed by atoms with van der Waals surface area (Å²) < 4.78 is 1.78. The highest BCUT2D eigenvalue weighted by Gasteiger charge is 2.06. The summed E-state index contributed by atoms with van der Waals surface area (Å²) in [7, 11) is 1.88. The van der Waals surface area contributed by atoms with Crippen LogP contribution in [0.3, 0.4) is 0 Å². The Bertz CT molecular complexity index is 785. The molecule has 18 heavy (non-hydrogen) atoms. The van der Waals surface area contributed by atoms with Gasteiger partial charge in [-0.1, -0.05) is 0 Å². The van der Waals surface area contributed by atoms with E-state index in [0.717, 1.165) is 27.7 Å². The summed E-state index contributed by atoms with van der Waals surface area (Å²) in [4.78, 5) is 18.3. The Hall–Kier alpha value is -2.43. The van der Waals surface area contributed by atoms with Crippen molar-refractivity contribution in [1.82, 2.24) is 19.7 Å². The van der Waals surface area contributed by atoms with Gasteiger partial charge in [0.1, 0.15) is 5.52 Å². The summed E-state index contributed by atoms with van der Waals surface area (Å²) in [6.45, 7) is 1.91. The molecule has 3 rings (SSSR count). The maximum atomic E-state index is 11.2. The van der Waals surface area contributed by atoms with Gasteiger partial charge in [-0.25, -0.2) is 0 Å². The van der Waals surface area contributed by atoms with Gasteiger partial charge in [0.15, 0.2) is 0 Å². The van der Waals surface area contributed by atoms with Crippen LogP contribution in [0.5, 0.6) is 0 Å². The smallest absolute Gasteiger partial charge is 0.248 e. The molecular formula is C13H12N4O. The number of aromatic nitrogens is 4. The van der Waals surface area contributed by atoms with Crippen molar-refractivity contribution in [1.29, 1.82) is 0 Å². The summed E-state index contributed by atoms with van der Waals surface area (Å²) >= 11 is 0. The Morgan fingerprint density at radius 1 is 1.28 bits per heavy atom. The lowest BCUT2D eigenvalue weighted by Gasteiger charge is -2.05. The zero-order chi connectivity index (χ0) is 12.7. The number of hydrogen-bond donors (Lipinski definition) is 1. The van der Waals surface area contributed by atoms with E-state index in [1.807, 2.05) is 20.0 Å². The van der Waals surface area contributed by atoms with E-state index in [9.17, 15) is 4.79 Å². The molecule has 3 aromatic rings. The molecule has 0 atom stereocenters. The van der Waals surface area contributed by atoms with Crippen molar-refractivity contribution in [3.63, 3.8) is 0 Å². The normalized spacial score (nSPS) is 11.0. The molecule has 0 bridgehead atoms. The molecule has 0 spiro atoms. The van der Waals surface area contributed by atoms with Crippen molar-refractivity contribution in [2.45, 2.75) is 6.92 Å². The number of pyridine rings is 2. The molecule has 0 aliphatic carbocycles. The van der Waals surface area contributed by atoms with Gasteiger partial charge in [-0.05, 0) is 18.6 Å². The number of nitrogens with one attached hydrogen (secondary N) is 1. The summed E-state index contributed by atoms with van der Waals surface area (Å²) in [5.41, 5.74) is 4.62. The van der Waals surface area contributed by atoms with Crippen LogP contribution in [-0.4, -0.2) is 19.7 Å². The third kappa shape index (κ3) is 1.60. The topological polar surface area (TPSA) is 63.6 Å². The minimum absolute atomic E-state index is 0.0918. The average molecular weight is 240 g/mol. The van der Waals surface area contributed by atoms with E-state index in [1.54, 1.807) is 29.3 Å². The molecule has 0 saturated carbocycles. The van der Waals surface area contributed by atoms with Gasteiger partial charge in [0.25, 0.3) is 0 Å². The number of fused-ring (bicyclic) bond motifs is 1. The lowest BCUT2D eigenvalue weighted by atomic mass is 10.0. The monoisotopic (exact) mass is 240 g/mol. The lowest BCUT2D eigenvalue weighted by Crippen LogP contribution is -2.04. The van der Waals surface area contributed by atoms with Crippen LogP contribution in [0.15, 0.2) is 35.5 Å². The Balaban J connectivity index is 2.24. The number of H-pyrrole nitrogens is 1. The summed E-state index contributed by atoms with van der Waals surface area (Å²) in [5, 5.41) is 4.16. The van der Waals surface area contributed by atoms with Crippen LogP contribution < -0.4 is 5.56 Å². The fourth-order valence-corrected chi connectivity index (χ4v) is 2.06. The number of hydrogen-bond acceptors (Lipinski definition) is 3. The van der Waals surface area contributed by atoms with Crippen LogP contribution in [0.25, 0.3) is 22.2 Å². The molecule has 3 heterocycles. The number of rotatable bonds is 1. The second-order valence-electron chi connectivity index (χ2n) is 4.29. The third-order valence-electron chi connectivity index (χ3n) is 3.04. The van der Waals surface area contributed by atoms with Gasteiger partial charge in [0, 0.05) is 36.6 Å². The van der Waals surface area contributed by atoms with Gasteiger partial charge in [-0.3, -0.25) is 14.5 Å². The minimum Gasteiger partial charge on any atom is -0.328 e. The highest BCUT2D eigenvalue weighted by molar-refractivity contribution is 5.80. The molecule has 0 aliphatic rings. The van der Waals surface area contributed by atoms with Crippen LogP contribution in [0.2, 0.25) is 0 Å². The number of nitrogens with zero attached hydrogens (tertiary/aromatic N) is 3. The molecule has 0 radical (unpaired) electrons. The highest BCUT2D eigenvalue weighted by atomic mass is 16.1. The predicted octanol–water partition coefficient (Wildman–Crippen LogP) is 1.63. The first-order chi connectivity index (χ1) is 8.65. The Labute approximate surface area is 103 Å². The van der Waals surface area contributed by atoms with Crippen molar-refractivity contribution >= 4 is 11.0 Å². The first-order valence-corrected chi connectivity index (χ1v) is 5.62. The maximum Gasteiger partial charge on any atom is 0.248 e. The molecule has 0 saturated heterocycles. The van der Waals surface area contributed by atoms with E-state index in [4.69, 9.17) is 0 Å². The molecule has 5 heteroatoms. The Kier molecular flexibility index (Phi) is 2.26. The van der Waals surface area contributed by atoms with Crippen molar-refractivity contribution in [2.24, 2.45) is 7.05 Å². The van der Waals surface area contributed by atoms with Gasteiger partial charge in [0.05, 0.1) is 11.7 Å². The van der Waals surface area contributed by atoms with E-state index in [2.05, 4.69) is 15.1 Å². The van der Waals surface area contributed by atoms with Crippen LogP contribution in [0.4, 0.5) is 0 Å². The van der Waals surface area contributed by atoms with Gasteiger partial charge in [-0.15, -0.1) is 0 Å². The standard InChI is InChI=1S/C13H12N4O/c1-8-3-13(18)15-6-10(8)9-4-12-11(14-5-9)7-16-17(12)2/h3-7H,1-2H3,(H,15,18). The van der Waals surface area contributed by atoms with Gasteiger partial charge in [-0.2, -0.15) is 5.10 Å². The van der Waals surface area contributed by atoms with Crippen molar-refractivity contribution in [3.05, 3.63) is 46.6 Å². The summed E-state index contributed by atoms with van der Waals surface area (Å²) in [5.74, 6) is 0. The fraction of sp³-hybridized carbons (Fsp3) is 0.154. The zero-order valence-electron chi connectivity index (χ0n) is 10.1. The second kappa shape index (κ2) is 3.80. The number of aromatic amines is 1. The number of aryl methyl sites for hydroxylation is 2. The molecular weight excluding hydrogens is 228 g/mol. The molecule has 1 N–H and O–H groups in total. The molecule has 90 valence electrons. The van der Waals surface area contributed by atoms with Gasteiger partial charge in [0.2, 0.25) is 5.56 Å². The van der Waals surface area contributed by atoms with Crippen LogP contribution in [0.1, 0.15) is 5.56 Å². The zero-order valence-corrected chi connectivity index (χ0v) is 10.1. The van der Waals surface area contributed by atoms with Gasteiger partial charge >= 0.3 is 0 Å². The largest absolute Gasteiger partial charge is 0.328 e. The minimum atomic E-state index is -0.0918.